The van der Waals surface area contributed by atoms with E-state index in [0.717, 1.165) is 0 Å². The minimum Gasteiger partial charge on any atom is -0.481 e. The van der Waals surface area contributed by atoms with E-state index < -0.39 is 85.1 Å². The van der Waals surface area contributed by atoms with Crippen LogP contribution < -0.4 is 27.4 Å². The maximum atomic E-state index is 12.6. The first-order chi connectivity index (χ1) is 14.8. The van der Waals surface area contributed by atoms with Gasteiger partial charge < -0.3 is 42.7 Å². The number of carbonyl (C=O) groups excluding carboxylic acids is 4. The van der Waals surface area contributed by atoms with Crippen molar-refractivity contribution < 1.29 is 44.1 Å². The molecule has 0 heterocycles. The van der Waals surface area contributed by atoms with Gasteiger partial charge in [0.25, 0.3) is 0 Å². The lowest BCUT2D eigenvalue weighted by Crippen LogP contribution is -2.58. The fourth-order valence-electron chi connectivity index (χ4n) is 2.52. The molecule has 32 heavy (non-hydrogen) atoms. The van der Waals surface area contributed by atoms with E-state index in [9.17, 15) is 33.9 Å². The molecule has 0 aliphatic heterocycles. The smallest absolute Gasteiger partial charge is 0.326 e. The summed E-state index contributed by atoms with van der Waals surface area (Å²) < 4.78 is 0. The first-order valence-corrected chi connectivity index (χ1v) is 9.84. The van der Waals surface area contributed by atoms with E-state index in [1.54, 1.807) is 13.8 Å². The molecule has 0 aromatic carbocycles. The Bertz CT molecular complexity index is 715. The van der Waals surface area contributed by atoms with Crippen LogP contribution in [0, 0.1) is 5.92 Å². The molecule has 0 aromatic rings. The average molecular weight is 461 g/mol. The van der Waals surface area contributed by atoms with Crippen LogP contribution in [0.1, 0.15) is 39.5 Å². The summed E-state index contributed by atoms with van der Waals surface area (Å²) >= 11 is 0. The summed E-state index contributed by atoms with van der Waals surface area (Å²) in [5.41, 5.74) is 10.5. The fourth-order valence-corrected chi connectivity index (χ4v) is 2.52. The van der Waals surface area contributed by atoms with Crippen LogP contribution in [0.25, 0.3) is 0 Å². The zero-order chi connectivity index (χ0) is 25.0. The van der Waals surface area contributed by atoms with Gasteiger partial charge in [-0.15, -0.1) is 0 Å². The van der Waals surface area contributed by atoms with Crippen LogP contribution in [0.4, 0.5) is 0 Å². The Morgan fingerprint density at radius 2 is 1.44 bits per heavy atom. The van der Waals surface area contributed by atoms with Gasteiger partial charge in [0.15, 0.2) is 0 Å². The van der Waals surface area contributed by atoms with Crippen molar-refractivity contribution >= 4 is 35.6 Å². The van der Waals surface area contributed by atoms with Gasteiger partial charge in [-0.3, -0.25) is 24.0 Å². The topological polar surface area (TPSA) is 251 Å². The van der Waals surface area contributed by atoms with E-state index in [1.807, 2.05) is 0 Å². The molecule has 4 amide bonds. The predicted molar refractivity (Wildman–Crippen MR) is 109 cm³/mol. The summed E-state index contributed by atoms with van der Waals surface area (Å²) in [7, 11) is 0. The number of hydrogen-bond acceptors (Lipinski definition) is 8. The van der Waals surface area contributed by atoms with Gasteiger partial charge in [0.1, 0.15) is 24.2 Å². The molecule has 0 fully saturated rings. The number of carboxylic acids is 2. The number of aliphatic carboxylic acids is 2. The monoisotopic (exact) mass is 461 g/mol. The van der Waals surface area contributed by atoms with Gasteiger partial charge in [0, 0.05) is 6.42 Å². The molecule has 0 saturated carbocycles. The lowest BCUT2D eigenvalue weighted by atomic mass is 9.98. The summed E-state index contributed by atoms with van der Waals surface area (Å²) in [6, 6.07) is -5.73. The molecule has 0 radical (unpaired) electrons. The third kappa shape index (κ3) is 10.2. The maximum Gasteiger partial charge on any atom is 0.326 e. The van der Waals surface area contributed by atoms with E-state index in [0.29, 0.717) is 6.42 Å². The van der Waals surface area contributed by atoms with Crippen LogP contribution in [-0.2, 0) is 28.8 Å². The van der Waals surface area contributed by atoms with E-state index in [2.05, 4.69) is 16.0 Å². The predicted octanol–water partition coefficient (Wildman–Crippen LogP) is -3.37. The Kier molecular flexibility index (Phi) is 12.5. The van der Waals surface area contributed by atoms with Crippen LogP contribution in [0.5, 0.6) is 0 Å². The number of hydrogen-bond donors (Lipinski definition) is 8. The van der Waals surface area contributed by atoms with Crippen molar-refractivity contribution in [3.8, 4) is 0 Å². The summed E-state index contributed by atoms with van der Waals surface area (Å²) in [5, 5.41) is 33.7. The molecular weight excluding hydrogens is 430 g/mol. The number of rotatable bonds is 15. The summed E-state index contributed by atoms with van der Waals surface area (Å²) in [5.74, 6) is -7.01. The van der Waals surface area contributed by atoms with E-state index in [-0.39, 0.29) is 6.42 Å². The quantitative estimate of drug-likeness (QED) is 0.120. The molecule has 0 saturated heterocycles. The van der Waals surface area contributed by atoms with E-state index >= 15 is 0 Å². The Labute approximate surface area is 184 Å². The number of primary amides is 1. The molecule has 5 unspecified atom stereocenters. The molecule has 0 rings (SSSR count). The van der Waals surface area contributed by atoms with Crippen molar-refractivity contribution in [1.29, 1.82) is 0 Å². The van der Waals surface area contributed by atoms with Gasteiger partial charge in [-0.05, 0) is 12.3 Å². The SMILES string of the molecule is CCC(C)C(NC(=O)C(CC(N)=O)NC(=O)C(CCC(=O)O)NC(=O)C(N)CO)C(=O)O. The Balaban J connectivity index is 5.58. The highest BCUT2D eigenvalue weighted by Gasteiger charge is 2.32. The maximum absolute atomic E-state index is 12.6. The molecule has 0 bridgehead atoms. The zero-order valence-corrected chi connectivity index (χ0v) is 17.9. The van der Waals surface area contributed by atoms with Gasteiger partial charge in [-0.1, -0.05) is 20.3 Å². The van der Waals surface area contributed by atoms with Crippen molar-refractivity contribution in [3.05, 3.63) is 0 Å². The number of aliphatic hydroxyl groups is 1. The minimum atomic E-state index is -1.58. The second kappa shape index (κ2) is 13.9. The second-order valence-corrected chi connectivity index (χ2v) is 7.22. The molecular formula is C18H31N5O9. The summed E-state index contributed by atoms with van der Waals surface area (Å²) in [6.07, 6.45) is -1.19. The molecule has 0 spiro atoms. The van der Waals surface area contributed by atoms with Gasteiger partial charge >= 0.3 is 11.9 Å². The molecule has 0 aliphatic carbocycles. The van der Waals surface area contributed by atoms with Gasteiger partial charge in [-0.25, -0.2) is 4.79 Å². The normalized spacial score (nSPS) is 15.4. The van der Waals surface area contributed by atoms with E-state index in [4.69, 9.17) is 21.7 Å². The highest BCUT2D eigenvalue weighted by molar-refractivity contribution is 5.96. The molecule has 0 aromatic heterocycles. The van der Waals surface area contributed by atoms with E-state index in [1.165, 1.54) is 0 Å². The minimum absolute atomic E-state index is 0.388. The number of aliphatic hydroxyl groups excluding tert-OH is 1. The van der Waals surface area contributed by atoms with Gasteiger partial charge in [0.05, 0.1) is 13.0 Å². The third-order valence-corrected chi connectivity index (χ3v) is 4.63. The number of carboxylic acid groups (broad SMARTS) is 2. The Morgan fingerprint density at radius 3 is 1.88 bits per heavy atom. The number of nitrogens with two attached hydrogens (primary N) is 2. The van der Waals surface area contributed by atoms with Crippen molar-refractivity contribution in [3.63, 3.8) is 0 Å². The largest absolute Gasteiger partial charge is 0.481 e. The molecule has 14 nitrogen and oxygen atoms in total. The average Bonchev–Trinajstić information content (AvgIpc) is 2.71. The molecule has 10 N–H and O–H groups in total. The van der Waals surface area contributed by atoms with Crippen LogP contribution in [0.3, 0.4) is 0 Å². The first kappa shape index (κ1) is 28.7. The zero-order valence-electron chi connectivity index (χ0n) is 17.9. The fraction of sp³-hybridized carbons (Fsp3) is 0.667. The van der Waals surface area contributed by atoms with Crippen LogP contribution in [0.15, 0.2) is 0 Å². The molecule has 182 valence electrons. The lowest BCUT2D eigenvalue weighted by Gasteiger charge is -2.26. The van der Waals surface area contributed by atoms with Crippen molar-refractivity contribution in [2.75, 3.05) is 6.61 Å². The van der Waals surface area contributed by atoms with Gasteiger partial charge in [-0.2, -0.15) is 0 Å². The van der Waals surface area contributed by atoms with Crippen LogP contribution in [0.2, 0.25) is 0 Å². The van der Waals surface area contributed by atoms with Crippen molar-refractivity contribution in [2.24, 2.45) is 17.4 Å². The van der Waals surface area contributed by atoms with Crippen LogP contribution in [-0.4, -0.2) is 81.7 Å². The number of amides is 4. The third-order valence-electron chi connectivity index (χ3n) is 4.63. The first-order valence-electron chi connectivity index (χ1n) is 9.84. The summed E-state index contributed by atoms with van der Waals surface area (Å²) in [4.78, 5) is 70.8. The number of carbonyl (C=O) groups is 6. The lowest BCUT2D eigenvalue weighted by molar-refractivity contribution is -0.144. The highest BCUT2D eigenvalue weighted by atomic mass is 16.4. The number of nitrogens with one attached hydrogen (secondary N) is 3. The van der Waals surface area contributed by atoms with Crippen LogP contribution >= 0.6 is 0 Å². The summed E-state index contributed by atoms with van der Waals surface area (Å²) in [6.45, 7) is 2.56. The molecule has 5 atom stereocenters. The van der Waals surface area contributed by atoms with Gasteiger partial charge in [0.2, 0.25) is 23.6 Å². The highest BCUT2D eigenvalue weighted by Crippen LogP contribution is 2.09. The Hall–Kier alpha value is -3.26. The second-order valence-electron chi connectivity index (χ2n) is 7.22. The molecule has 0 aliphatic rings. The Morgan fingerprint density at radius 1 is 0.906 bits per heavy atom. The molecule has 14 heteroatoms. The van der Waals surface area contributed by atoms with Crippen molar-refractivity contribution in [1.82, 2.24) is 16.0 Å². The standard InChI is InChI=1S/C18H31N5O9/c1-3-8(2)14(18(31)32)23-17(30)11(6-12(20)25)22-16(29)10(4-5-13(26)27)21-15(28)9(19)7-24/h8-11,14,24H,3-7,19H2,1-2H3,(H2,20,25)(H,21,28)(H,22,29)(H,23,30)(H,26,27)(H,31,32). The van der Waals surface area contributed by atoms with Crippen molar-refractivity contribution in [2.45, 2.75) is 63.7 Å².